The Bertz CT molecular complexity index is 1830. The molecule has 6 atom stereocenters. The van der Waals surface area contributed by atoms with Gasteiger partial charge in [0.15, 0.2) is 24.6 Å². The third-order valence-electron chi connectivity index (χ3n) is 16.0. The standard InChI is InChI=1S/C75H128O12/c1-4-7-10-13-16-19-22-25-28-31-34-37-40-43-46-49-52-55-58-61-67(76)83-64-66(85-68(77)62-59-56-53-50-47-44-41-38-35-32-29-26-23-20-17-14-11-8-5-2)65-84-75-73(71(80)70(79)72(87-75)74(81)82)86-69(78)63-60-57-54-51-48-45-42-39-36-33-30-27-24-21-18-15-12-9-6-3/h7,10,16,19,25,27-28,30,34,37,43,46,52,55,66,70-73,75,79-80H,4-6,8-9,11-15,17-18,20-24,26,29,31-33,35-36,38-42,44-45,47-51,53-54,56-65H2,1-3H3,(H,81,82)/b10-7-,19-16-,28-25-,30-27-,37-34-,46-43-,55-52-. The zero-order valence-corrected chi connectivity index (χ0v) is 55.5. The van der Waals surface area contributed by atoms with E-state index in [0.717, 1.165) is 89.9 Å². The van der Waals surface area contributed by atoms with Crippen LogP contribution in [0.2, 0.25) is 0 Å². The number of carbonyl (C=O) groups is 4. The molecular formula is C75H128O12. The SMILES string of the molecule is CC/C=C\C/C=C\C/C=C\C/C=C\C/C=C\C/C=C\CCC(=O)OCC(COC1OC(C(=O)O)C(O)C(O)C1OC(=O)CCCCCCCCCCC/C=C\CCCCCCCC)OC(=O)CCCCCCCCCCCCCCCCCCCCC. The van der Waals surface area contributed by atoms with Crippen molar-refractivity contribution in [2.75, 3.05) is 13.2 Å². The Labute approximate surface area is 531 Å². The zero-order valence-electron chi connectivity index (χ0n) is 55.5. The third-order valence-corrected chi connectivity index (χ3v) is 16.0. The molecular weight excluding hydrogens is 1090 g/mol. The van der Waals surface area contributed by atoms with Crippen LogP contribution in [0.5, 0.6) is 0 Å². The average Bonchev–Trinajstić information content (AvgIpc) is 2.56. The Hall–Kier alpha value is -4.10. The van der Waals surface area contributed by atoms with Crippen molar-refractivity contribution in [2.45, 2.75) is 353 Å². The number of rotatable bonds is 61. The number of carbonyl (C=O) groups excluding carboxylic acids is 3. The van der Waals surface area contributed by atoms with Crippen molar-refractivity contribution in [1.29, 1.82) is 0 Å². The molecule has 1 aliphatic heterocycles. The summed E-state index contributed by atoms with van der Waals surface area (Å²) in [4.78, 5) is 51.5. The first-order valence-electron chi connectivity index (χ1n) is 35.6. The van der Waals surface area contributed by atoms with Gasteiger partial charge < -0.3 is 39.0 Å². The molecule has 0 spiro atoms. The number of carboxylic acids is 1. The number of aliphatic carboxylic acids is 1. The third kappa shape index (κ3) is 51.4. The topological polar surface area (TPSA) is 175 Å². The molecule has 1 saturated heterocycles. The molecule has 1 aliphatic rings. The van der Waals surface area contributed by atoms with Gasteiger partial charge >= 0.3 is 23.9 Å². The van der Waals surface area contributed by atoms with Gasteiger partial charge in [0.25, 0.3) is 0 Å². The second-order valence-corrected chi connectivity index (χ2v) is 24.1. The Kier molecular flexibility index (Phi) is 57.8. The summed E-state index contributed by atoms with van der Waals surface area (Å²) in [5, 5.41) is 31.7. The molecule has 1 fully saturated rings. The number of esters is 3. The van der Waals surface area contributed by atoms with E-state index in [4.69, 9.17) is 23.7 Å². The minimum atomic E-state index is -1.92. The van der Waals surface area contributed by atoms with E-state index in [-0.39, 0.29) is 25.9 Å². The van der Waals surface area contributed by atoms with E-state index in [1.165, 1.54) is 167 Å². The Morgan fingerprint density at radius 1 is 0.391 bits per heavy atom. The summed E-state index contributed by atoms with van der Waals surface area (Å²) < 4.78 is 28.6. The van der Waals surface area contributed by atoms with E-state index >= 15 is 0 Å². The van der Waals surface area contributed by atoms with Gasteiger partial charge in [-0.2, -0.15) is 0 Å². The summed E-state index contributed by atoms with van der Waals surface area (Å²) in [5.74, 6) is -3.21. The van der Waals surface area contributed by atoms with Crippen molar-refractivity contribution in [1.82, 2.24) is 0 Å². The molecule has 12 nitrogen and oxygen atoms in total. The second kappa shape index (κ2) is 62.1. The Balaban J connectivity index is 2.67. The summed E-state index contributed by atoms with van der Waals surface area (Å²) in [5.41, 5.74) is 0. The number of hydrogen-bond donors (Lipinski definition) is 3. The molecule has 0 saturated carbocycles. The van der Waals surface area contributed by atoms with Gasteiger partial charge in [-0.3, -0.25) is 14.4 Å². The fraction of sp³-hybridized carbons (Fsp3) is 0.760. The van der Waals surface area contributed by atoms with Gasteiger partial charge in [-0.15, -0.1) is 0 Å². The summed E-state index contributed by atoms with van der Waals surface area (Å²) in [6, 6.07) is 0. The predicted molar refractivity (Wildman–Crippen MR) is 358 cm³/mol. The predicted octanol–water partition coefficient (Wildman–Crippen LogP) is 19.8. The molecule has 0 bridgehead atoms. The van der Waals surface area contributed by atoms with Crippen LogP contribution < -0.4 is 0 Å². The van der Waals surface area contributed by atoms with E-state index in [1.807, 2.05) is 12.2 Å². The van der Waals surface area contributed by atoms with E-state index in [0.29, 0.717) is 19.3 Å². The van der Waals surface area contributed by atoms with Gasteiger partial charge in [-0.1, -0.05) is 298 Å². The van der Waals surface area contributed by atoms with Gasteiger partial charge in [-0.05, 0) is 83.5 Å². The molecule has 0 aromatic heterocycles. The van der Waals surface area contributed by atoms with Crippen molar-refractivity contribution in [2.24, 2.45) is 0 Å². The number of carboxylic acid groups (broad SMARTS) is 1. The maximum Gasteiger partial charge on any atom is 0.335 e. The molecule has 3 N–H and O–H groups in total. The lowest BCUT2D eigenvalue weighted by Gasteiger charge is -2.40. The van der Waals surface area contributed by atoms with E-state index < -0.39 is 67.3 Å². The van der Waals surface area contributed by atoms with Crippen molar-refractivity contribution < 1.29 is 58.2 Å². The lowest BCUT2D eigenvalue weighted by atomic mass is 9.98. The molecule has 0 radical (unpaired) electrons. The first-order chi connectivity index (χ1) is 42.6. The fourth-order valence-corrected chi connectivity index (χ4v) is 10.6. The number of unbranched alkanes of at least 4 members (excludes halogenated alkanes) is 33. The van der Waals surface area contributed by atoms with Crippen molar-refractivity contribution in [3.63, 3.8) is 0 Å². The maximum absolute atomic E-state index is 13.2. The van der Waals surface area contributed by atoms with E-state index in [1.54, 1.807) is 0 Å². The van der Waals surface area contributed by atoms with Gasteiger partial charge in [0.05, 0.1) is 6.61 Å². The summed E-state index contributed by atoms with van der Waals surface area (Å²) in [6.07, 6.45) is 69.8. The molecule has 0 aliphatic carbocycles. The first kappa shape index (κ1) is 80.9. The van der Waals surface area contributed by atoms with Crippen LogP contribution in [0.15, 0.2) is 85.1 Å². The van der Waals surface area contributed by atoms with Crippen molar-refractivity contribution in [3.05, 3.63) is 85.1 Å². The summed E-state index contributed by atoms with van der Waals surface area (Å²) in [7, 11) is 0. The normalized spacial score (nSPS) is 17.8. The van der Waals surface area contributed by atoms with Crippen LogP contribution >= 0.6 is 0 Å². The molecule has 6 unspecified atom stereocenters. The van der Waals surface area contributed by atoms with Gasteiger partial charge in [0.2, 0.25) is 0 Å². The monoisotopic (exact) mass is 1220 g/mol. The summed E-state index contributed by atoms with van der Waals surface area (Å²) >= 11 is 0. The first-order valence-corrected chi connectivity index (χ1v) is 35.6. The molecule has 1 rings (SSSR count). The molecule has 0 aromatic carbocycles. The van der Waals surface area contributed by atoms with Gasteiger partial charge in [0.1, 0.15) is 18.8 Å². The smallest absolute Gasteiger partial charge is 0.335 e. The van der Waals surface area contributed by atoms with E-state index in [2.05, 4.69) is 93.7 Å². The lowest BCUT2D eigenvalue weighted by molar-refractivity contribution is -0.301. The van der Waals surface area contributed by atoms with Crippen LogP contribution in [0.25, 0.3) is 0 Å². The van der Waals surface area contributed by atoms with Crippen LogP contribution in [-0.4, -0.2) is 89.2 Å². The van der Waals surface area contributed by atoms with Crippen LogP contribution in [0.4, 0.5) is 0 Å². The molecule has 87 heavy (non-hydrogen) atoms. The number of aliphatic hydroxyl groups excluding tert-OH is 2. The highest BCUT2D eigenvalue weighted by Crippen LogP contribution is 2.27. The fourth-order valence-electron chi connectivity index (χ4n) is 10.6. The van der Waals surface area contributed by atoms with Gasteiger partial charge in [0, 0.05) is 19.3 Å². The highest BCUT2D eigenvalue weighted by molar-refractivity contribution is 5.74. The van der Waals surface area contributed by atoms with Crippen LogP contribution in [0.3, 0.4) is 0 Å². The number of hydrogen-bond acceptors (Lipinski definition) is 11. The maximum atomic E-state index is 13.2. The number of ether oxygens (including phenoxy) is 5. The number of allylic oxidation sites excluding steroid dienone is 14. The van der Waals surface area contributed by atoms with Crippen LogP contribution in [-0.2, 0) is 42.9 Å². The highest BCUT2D eigenvalue weighted by Gasteiger charge is 2.50. The van der Waals surface area contributed by atoms with Crippen molar-refractivity contribution >= 4 is 23.9 Å². The summed E-state index contributed by atoms with van der Waals surface area (Å²) in [6.45, 7) is 5.87. The lowest BCUT2D eigenvalue weighted by Crippen LogP contribution is -2.61. The highest BCUT2D eigenvalue weighted by atomic mass is 16.7. The Morgan fingerprint density at radius 3 is 1.15 bits per heavy atom. The molecule has 0 aromatic rings. The van der Waals surface area contributed by atoms with Crippen molar-refractivity contribution in [3.8, 4) is 0 Å². The molecule has 1 heterocycles. The van der Waals surface area contributed by atoms with E-state index in [9.17, 15) is 34.5 Å². The number of aliphatic hydroxyl groups is 2. The molecule has 12 heteroatoms. The minimum Gasteiger partial charge on any atom is -0.479 e. The minimum absolute atomic E-state index is 0.0506. The van der Waals surface area contributed by atoms with Crippen LogP contribution in [0, 0.1) is 0 Å². The van der Waals surface area contributed by atoms with Crippen LogP contribution in [0.1, 0.15) is 316 Å². The quantitative estimate of drug-likeness (QED) is 0.0228. The zero-order chi connectivity index (χ0) is 63.1. The largest absolute Gasteiger partial charge is 0.479 e. The van der Waals surface area contributed by atoms with Gasteiger partial charge in [-0.25, -0.2) is 4.79 Å². The molecule has 500 valence electrons. The molecule has 0 amide bonds. The average molecular weight is 1220 g/mol. The Morgan fingerprint density at radius 2 is 0.747 bits per heavy atom. The second-order valence-electron chi connectivity index (χ2n) is 24.1.